The van der Waals surface area contributed by atoms with E-state index < -0.39 is 5.97 Å². The van der Waals surface area contributed by atoms with Crippen LogP contribution in [0.1, 0.15) is 39.2 Å². The van der Waals surface area contributed by atoms with Gasteiger partial charge in [-0.2, -0.15) is 0 Å². The predicted octanol–water partition coefficient (Wildman–Crippen LogP) is 3.56. The SMILES string of the molecule is CC(C)CC(C)OCCC(=O)Nc1ccc(C=CC(=O)O)cc1. The second-order valence-corrected chi connectivity index (χ2v) is 5.90. The number of hydrogen-bond acceptors (Lipinski definition) is 3. The van der Waals surface area contributed by atoms with E-state index in [4.69, 9.17) is 9.84 Å². The first-order valence-corrected chi connectivity index (χ1v) is 7.79. The minimum Gasteiger partial charge on any atom is -0.478 e. The smallest absolute Gasteiger partial charge is 0.328 e. The van der Waals surface area contributed by atoms with Crippen LogP contribution < -0.4 is 5.32 Å². The number of anilines is 1. The third kappa shape index (κ3) is 8.78. The Morgan fingerprint density at radius 1 is 1.22 bits per heavy atom. The first-order chi connectivity index (χ1) is 10.9. The number of benzene rings is 1. The molecule has 0 heterocycles. The van der Waals surface area contributed by atoms with Gasteiger partial charge in [0, 0.05) is 11.8 Å². The highest BCUT2D eigenvalue weighted by Crippen LogP contribution is 2.12. The van der Waals surface area contributed by atoms with Crippen molar-refractivity contribution in [3.05, 3.63) is 35.9 Å². The van der Waals surface area contributed by atoms with Crippen molar-refractivity contribution < 1.29 is 19.4 Å². The molecule has 0 spiro atoms. The van der Waals surface area contributed by atoms with Crippen LogP contribution in [0.15, 0.2) is 30.3 Å². The molecule has 0 radical (unpaired) electrons. The fraction of sp³-hybridized carbons (Fsp3) is 0.444. The minimum absolute atomic E-state index is 0.101. The number of amides is 1. The highest BCUT2D eigenvalue weighted by molar-refractivity contribution is 5.91. The van der Waals surface area contributed by atoms with Crippen molar-refractivity contribution in [2.45, 2.75) is 39.7 Å². The lowest BCUT2D eigenvalue weighted by atomic mass is 10.1. The second-order valence-electron chi connectivity index (χ2n) is 5.90. The Morgan fingerprint density at radius 2 is 1.87 bits per heavy atom. The quantitative estimate of drug-likeness (QED) is 0.682. The minimum atomic E-state index is -0.992. The number of aliphatic carboxylic acids is 1. The molecule has 1 aromatic rings. The maximum absolute atomic E-state index is 11.8. The monoisotopic (exact) mass is 319 g/mol. The van der Waals surface area contributed by atoms with Gasteiger partial charge in [0.05, 0.1) is 19.1 Å². The Hall–Kier alpha value is -2.14. The Labute approximate surface area is 137 Å². The van der Waals surface area contributed by atoms with Crippen LogP contribution in [0.25, 0.3) is 6.08 Å². The van der Waals surface area contributed by atoms with Gasteiger partial charge in [-0.25, -0.2) is 4.79 Å². The third-order valence-corrected chi connectivity index (χ3v) is 3.15. The van der Waals surface area contributed by atoms with E-state index in [2.05, 4.69) is 19.2 Å². The summed E-state index contributed by atoms with van der Waals surface area (Å²) in [5, 5.41) is 11.4. The van der Waals surface area contributed by atoms with Crippen molar-refractivity contribution in [2.75, 3.05) is 11.9 Å². The summed E-state index contributed by atoms with van der Waals surface area (Å²) >= 11 is 0. The van der Waals surface area contributed by atoms with Gasteiger partial charge < -0.3 is 15.2 Å². The molecule has 0 saturated heterocycles. The van der Waals surface area contributed by atoms with Gasteiger partial charge in [-0.3, -0.25) is 4.79 Å². The number of nitrogens with one attached hydrogen (secondary N) is 1. The van der Waals surface area contributed by atoms with Crippen molar-refractivity contribution in [3.8, 4) is 0 Å². The molecule has 1 unspecified atom stereocenters. The largest absolute Gasteiger partial charge is 0.478 e. The summed E-state index contributed by atoms with van der Waals surface area (Å²) in [4.78, 5) is 22.3. The van der Waals surface area contributed by atoms with Crippen LogP contribution in [0.3, 0.4) is 0 Å². The van der Waals surface area contributed by atoms with E-state index in [-0.39, 0.29) is 12.0 Å². The topological polar surface area (TPSA) is 75.6 Å². The van der Waals surface area contributed by atoms with E-state index >= 15 is 0 Å². The molecule has 0 bridgehead atoms. The lowest BCUT2D eigenvalue weighted by Crippen LogP contribution is -2.18. The molecule has 0 aromatic heterocycles. The number of ether oxygens (including phenoxy) is 1. The zero-order chi connectivity index (χ0) is 17.2. The Balaban J connectivity index is 2.35. The average Bonchev–Trinajstić information content (AvgIpc) is 2.45. The lowest BCUT2D eigenvalue weighted by Gasteiger charge is -2.14. The summed E-state index contributed by atoms with van der Waals surface area (Å²) in [6.45, 7) is 6.70. The van der Waals surface area contributed by atoms with Gasteiger partial charge in [-0.15, -0.1) is 0 Å². The first kappa shape index (κ1) is 18.9. The molecule has 1 rings (SSSR count). The molecule has 0 aliphatic rings. The number of carbonyl (C=O) groups is 2. The fourth-order valence-electron chi connectivity index (χ4n) is 2.15. The van der Waals surface area contributed by atoms with Crippen LogP contribution in [-0.4, -0.2) is 29.7 Å². The van der Waals surface area contributed by atoms with Crippen LogP contribution in [-0.2, 0) is 14.3 Å². The Bertz CT molecular complexity index is 534. The van der Waals surface area contributed by atoms with Crippen LogP contribution >= 0.6 is 0 Å². The van der Waals surface area contributed by atoms with Gasteiger partial charge in [-0.05, 0) is 43.0 Å². The molecule has 126 valence electrons. The highest BCUT2D eigenvalue weighted by atomic mass is 16.5. The normalized spacial score (nSPS) is 12.5. The molecule has 1 atom stereocenters. The number of carboxylic acid groups (broad SMARTS) is 1. The number of rotatable bonds is 9. The van der Waals surface area contributed by atoms with Crippen LogP contribution in [0.5, 0.6) is 0 Å². The van der Waals surface area contributed by atoms with Gasteiger partial charge in [0.15, 0.2) is 0 Å². The standard InChI is InChI=1S/C18H25NO4/c1-13(2)12-14(3)23-11-10-17(20)19-16-7-4-15(5-8-16)6-9-18(21)22/h4-9,13-14H,10-12H2,1-3H3,(H,19,20)(H,21,22). The van der Waals surface area contributed by atoms with E-state index in [1.807, 2.05) is 6.92 Å². The molecule has 1 aromatic carbocycles. The molecular formula is C18H25NO4. The van der Waals surface area contributed by atoms with Crippen molar-refractivity contribution in [1.29, 1.82) is 0 Å². The molecule has 23 heavy (non-hydrogen) atoms. The summed E-state index contributed by atoms with van der Waals surface area (Å²) in [5.41, 5.74) is 1.44. The maximum Gasteiger partial charge on any atom is 0.328 e. The lowest BCUT2D eigenvalue weighted by molar-refractivity contribution is -0.131. The van der Waals surface area contributed by atoms with Crippen LogP contribution in [0.2, 0.25) is 0 Å². The van der Waals surface area contributed by atoms with Crippen molar-refractivity contribution in [3.63, 3.8) is 0 Å². The van der Waals surface area contributed by atoms with Crippen molar-refractivity contribution in [1.82, 2.24) is 0 Å². The summed E-state index contributed by atoms with van der Waals surface area (Å²) in [6, 6.07) is 6.97. The number of carboxylic acids is 1. The Kier molecular flexibility index (Phi) is 8.05. The van der Waals surface area contributed by atoms with Crippen molar-refractivity contribution >= 4 is 23.6 Å². The molecule has 5 heteroatoms. The van der Waals surface area contributed by atoms with Gasteiger partial charge in [-0.1, -0.05) is 26.0 Å². The van der Waals surface area contributed by atoms with Gasteiger partial charge in [0.2, 0.25) is 5.91 Å². The molecule has 5 nitrogen and oxygen atoms in total. The third-order valence-electron chi connectivity index (χ3n) is 3.15. The summed E-state index contributed by atoms with van der Waals surface area (Å²) in [7, 11) is 0. The fourth-order valence-corrected chi connectivity index (χ4v) is 2.15. The molecular weight excluding hydrogens is 294 g/mol. The average molecular weight is 319 g/mol. The van der Waals surface area contributed by atoms with Crippen LogP contribution in [0, 0.1) is 5.92 Å². The molecule has 0 aliphatic carbocycles. The van der Waals surface area contributed by atoms with Crippen molar-refractivity contribution in [2.24, 2.45) is 5.92 Å². The molecule has 1 amide bonds. The molecule has 0 saturated carbocycles. The number of carbonyl (C=O) groups excluding carboxylic acids is 1. The summed E-state index contributed by atoms with van der Waals surface area (Å²) in [6.07, 6.45) is 4.01. The molecule has 2 N–H and O–H groups in total. The zero-order valence-corrected chi connectivity index (χ0v) is 13.9. The zero-order valence-electron chi connectivity index (χ0n) is 13.9. The first-order valence-electron chi connectivity index (χ1n) is 7.79. The number of hydrogen-bond donors (Lipinski definition) is 2. The van der Waals surface area contributed by atoms with E-state index in [9.17, 15) is 9.59 Å². The second kappa shape index (κ2) is 9.79. The molecule has 0 fully saturated rings. The van der Waals surface area contributed by atoms with Gasteiger partial charge in [0.1, 0.15) is 0 Å². The molecule has 0 aliphatic heterocycles. The van der Waals surface area contributed by atoms with E-state index in [1.54, 1.807) is 24.3 Å². The van der Waals surface area contributed by atoms with E-state index in [0.29, 0.717) is 24.6 Å². The Morgan fingerprint density at radius 3 is 2.43 bits per heavy atom. The van der Waals surface area contributed by atoms with E-state index in [1.165, 1.54) is 6.08 Å². The van der Waals surface area contributed by atoms with E-state index in [0.717, 1.165) is 18.1 Å². The van der Waals surface area contributed by atoms with Gasteiger partial charge >= 0.3 is 5.97 Å². The summed E-state index contributed by atoms with van der Waals surface area (Å²) in [5.74, 6) is -0.517. The van der Waals surface area contributed by atoms with Gasteiger partial charge in [0.25, 0.3) is 0 Å². The summed E-state index contributed by atoms with van der Waals surface area (Å²) < 4.78 is 5.61. The predicted molar refractivity (Wildman–Crippen MR) is 91.2 cm³/mol. The maximum atomic E-state index is 11.8. The highest BCUT2D eigenvalue weighted by Gasteiger charge is 2.07. The van der Waals surface area contributed by atoms with Crippen LogP contribution in [0.4, 0.5) is 5.69 Å².